The maximum Gasteiger partial charge on any atom is 0.418 e. The third-order valence-electron chi connectivity index (χ3n) is 7.16. The predicted molar refractivity (Wildman–Crippen MR) is 125 cm³/mol. The number of halogens is 3. The Hall–Kier alpha value is -2.33. The van der Waals surface area contributed by atoms with Crippen LogP contribution in [-0.2, 0) is 15.6 Å². The van der Waals surface area contributed by atoms with Gasteiger partial charge in [0.25, 0.3) is 0 Å². The second kappa shape index (κ2) is 7.62. The Morgan fingerprint density at radius 1 is 0.812 bits per heavy atom. The molecule has 0 spiro atoms. The summed E-state index contributed by atoms with van der Waals surface area (Å²) >= 11 is 0. The number of benzene rings is 3. The van der Waals surface area contributed by atoms with Crippen molar-refractivity contribution < 1.29 is 17.9 Å². The van der Waals surface area contributed by atoms with E-state index < -0.39 is 12.3 Å². The zero-order chi connectivity index (χ0) is 23.5. The Morgan fingerprint density at radius 2 is 1.38 bits per heavy atom. The first-order valence-corrected chi connectivity index (χ1v) is 11.1. The normalized spacial score (nSPS) is 18.4. The van der Waals surface area contributed by atoms with Gasteiger partial charge in [-0.05, 0) is 87.4 Å². The highest BCUT2D eigenvalue weighted by atomic mass is 19.4. The first kappa shape index (κ1) is 22.8. The average molecular weight is 441 g/mol. The van der Waals surface area contributed by atoms with Crippen LogP contribution in [0.3, 0.4) is 0 Å². The lowest BCUT2D eigenvalue weighted by molar-refractivity contribution is -0.215. The van der Waals surface area contributed by atoms with Crippen molar-refractivity contribution in [1.82, 2.24) is 0 Å². The van der Waals surface area contributed by atoms with E-state index in [0.29, 0.717) is 5.39 Å². The fourth-order valence-electron chi connectivity index (χ4n) is 5.02. The van der Waals surface area contributed by atoms with E-state index in [9.17, 15) is 13.2 Å². The molecule has 0 heterocycles. The maximum atomic E-state index is 14.0. The third kappa shape index (κ3) is 3.94. The van der Waals surface area contributed by atoms with Gasteiger partial charge >= 0.3 is 6.18 Å². The second-order valence-corrected chi connectivity index (χ2v) is 10.5. The summed E-state index contributed by atoms with van der Waals surface area (Å²) in [5.74, 6) is 0. The van der Waals surface area contributed by atoms with Gasteiger partial charge in [-0.15, -0.1) is 0 Å². The zero-order valence-electron chi connectivity index (χ0n) is 19.7. The van der Waals surface area contributed by atoms with Crippen LogP contribution in [0.1, 0.15) is 68.9 Å². The zero-order valence-corrected chi connectivity index (χ0v) is 19.7. The number of rotatable bonds is 3. The minimum Gasteiger partial charge on any atom is -0.367 e. The minimum absolute atomic E-state index is 0.0241. The number of fused-ring (bicyclic) bond motifs is 2. The van der Waals surface area contributed by atoms with E-state index >= 15 is 0 Å². The van der Waals surface area contributed by atoms with Crippen LogP contribution in [0.25, 0.3) is 21.9 Å². The highest BCUT2D eigenvalue weighted by Crippen LogP contribution is 2.49. The molecule has 0 saturated carbocycles. The minimum atomic E-state index is -4.50. The number of alkyl halides is 3. The van der Waals surface area contributed by atoms with Gasteiger partial charge in [0.15, 0.2) is 6.10 Å². The summed E-state index contributed by atoms with van der Waals surface area (Å²) in [6, 6.07) is 15.7. The van der Waals surface area contributed by atoms with Gasteiger partial charge < -0.3 is 4.74 Å². The molecule has 0 aromatic heterocycles. The van der Waals surface area contributed by atoms with Gasteiger partial charge in [-0.2, -0.15) is 13.2 Å². The van der Waals surface area contributed by atoms with E-state index in [-0.39, 0.29) is 16.4 Å². The van der Waals surface area contributed by atoms with Crippen LogP contribution in [0.4, 0.5) is 13.2 Å². The van der Waals surface area contributed by atoms with Crippen molar-refractivity contribution in [2.75, 3.05) is 7.11 Å². The Bertz CT molecular complexity index is 1150. The molecule has 170 valence electrons. The fraction of sp³-hybridized carbons (Fsp3) is 0.429. The molecule has 4 heteroatoms. The summed E-state index contributed by atoms with van der Waals surface area (Å²) in [5.41, 5.74) is 5.21. The SMILES string of the molecule is COC(c1cc(-c2ccc(C)cc2)cc2cc3c(cc12)C(C)(C)CCC3(C)C)C(F)(F)F. The average Bonchev–Trinajstić information content (AvgIpc) is 2.70. The van der Waals surface area contributed by atoms with E-state index in [1.165, 1.54) is 5.56 Å². The summed E-state index contributed by atoms with van der Waals surface area (Å²) in [6.45, 7) is 10.8. The molecule has 32 heavy (non-hydrogen) atoms. The Balaban J connectivity index is 2.07. The van der Waals surface area contributed by atoms with E-state index in [4.69, 9.17) is 4.74 Å². The van der Waals surface area contributed by atoms with Crippen LogP contribution in [-0.4, -0.2) is 13.3 Å². The van der Waals surface area contributed by atoms with E-state index in [0.717, 1.165) is 47.6 Å². The summed E-state index contributed by atoms with van der Waals surface area (Å²) in [7, 11) is 1.13. The van der Waals surface area contributed by atoms with Gasteiger partial charge in [0.1, 0.15) is 0 Å². The molecule has 1 atom stereocenters. The van der Waals surface area contributed by atoms with E-state index in [1.807, 2.05) is 43.3 Å². The lowest BCUT2D eigenvalue weighted by atomic mass is 9.62. The number of methoxy groups -OCH3 is 1. The standard InChI is InChI=1S/C28H31F3O/c1-17-7-9-18(10-8-17)19-13-20-15-23-24(27(4,5)12-11-26(23,2)3)16-21(20)22(14-19)25(32-6)28(29,30)31/h7-10,13-16,25H,11-12H2,1-6H3. The second-order valence-electron chi connectivity index (χ2n) is 10.5. The van der Waals surface area contributed by atoms with Gasteiger partial charge in [-0.25, -0.2) is 0 Å². The quantitative estimate of drug-likeness (QED) is 0.397. The van der Waals surface area contributed by atoms with Crippen molar-refractivity contribution in [1.29, 1.82) is 0 Å². The van der Waals surface area contributed by atoms with Gasteiger partial charge in [0.05, 0.1) is 0 Å². The number of hydrogen-bond donors (Lipinski definition) is 0. The van der Waals surface area contributed by atoms with Crippen molar-refractivity contribution in [2.24, 2.45) is 0 Å². The Morgan fingerprint density at radius 3 is 1.91 bits per heavy atom. The molecular formula is C28H31F3O. The fourth-order valence-corrected chi connectivity index (χ4v) is 5.02. The summed E-state index contributed by atoms with van der Waals surface area (Å²) in [6.07, 6.45) is -4.43. The largest absolute Gasteiger partial charge is 0.418 e. The number of hydrogen-bond acceptors (Lipinski definition) is 1. The van der Waals surface area contributed by atoms with Crippen LogP contribution in [0.5, 0.6) is 0 Å². The Labute approximate surface area is 188 Å². The van der Waals surface area contributed by atoms with Gasteiger partial charge in [-0.1, -0.05) is 63.6 Å². The highest BCUT2D eigenvalue weighted by molar-refractivity contribution is 5.92. The molecule has 0 fully saturated rings. The molecule has 0 N–H and O–H groups in total. The van der Waals surface area contributed by atoms with E-state index in [2.05, 4.69) is 33.8 Å². The molecule has 1 aliphatic rings. The van der Waals surface area contributed by atoms with Crippen LogP contribution in [0.15, 0.2) is 48.5 Å². The lowest BCUT2D eigenvalue weighted by Gasteiger charge is -2.42. The molecule has 0 aliphatic heterocycles. The van der Waals surface area contributed by atoms with Crippen molar-refractivity contribution in [3.05, 3.63) is 70.8 Å². The highest BCUT2D eigenvalue weighted by Gasteiger charge is 2.43. The summed E-state index contributed by atoms with van der Waals surface area (Å²) in [4.78, 5) is 0. The smallest absolute Gasteiger partial charge is 0.367 e. The summed E-state index contributed by atoms with van der Waals surface area (Å²) < 4.78 is 47.1. The van der Waals surface area contributed by atoms with Gasteiger partial charge in [0, 0.05) is 7.11 Å². The molecule has 4 rings (SSSR count). The Kier molecular flexibility index (Phi) is 5.44. The van der Waals surface area contributed by atoms with Gasteiger partial charge in [-0.3, -0.25) is 0 Å². The molecule has 1 unspecified atom stereocenters. The third-order valence-corrected chi connectivity index (χ3v) is 7.16. The van der Waals surface area contributed by atoms with Crippen LogP contribution in [0, 0.1) is 6.92 Å². The molecule has 0 bridgehead atoms. The molecule has 0 radical (unpaired) electrons. The van der Waals surface area contributed by atoms with Crippen LogP contribution in [0.2, 0.25) is 0 Å². The monoisotopic (exact) mass is 440 g/mol. The number of aryl methyl sites for hydroxylation is 1. The molecule has 0 saturated heterocycles. The topological polar surface area (TPSA) is 9.23 Å². The molecule has 3 aromatic carbocycles. The van der Waals surface area contributed by atoms with Gasteiger partial charge in [0.2, 0.25) is 0 Å². The summed E-state index contributed by atoms with van der Waals surface area (Å²) in [5, 5.41) is 1.45. The first-order chi connectivity index (χ1) is 14.8. The first-order valence-electron chi connectivity index (χ1n) is 11.1. The molecule has 3 aromatic rings. The van der Waals surface area contributed by atoms with Crippen molar-refractivity contribution >= 4 is 10.8 Å². The molecule has 1 aliphatic carbocycles. The molecule has 1 nitrogen and oxygen atoms in total. The van der Waals surface area contributed by atoms with Crippen LogP contribution < -0.4 is 0 Å². The van der Waals surface area contributed by atoms with Crippen LogP contribution >= 0.6 is 0 Å². The van der Waals surface area contributed by atoms with Crippen molar-refractivity contribution in [3.63, 3.8) is 0 Å². The van der Waals surface area contributed by atoms with Crippen molar-refractivity contribution in [3.8, 4) is 11.1 Å². The lowest BCUT2D eigenvalue weighted by Crippen LogP contribution is -2.33. The molecule has 0 amide bonds. The maximum absolute atomic E-state index is 14.0. The van der Waals surface area contributed by atoms with Crippen molar-refractivity contribution in [2.45, 2.75) is 70.6 Å². The molecular weight excluding hydrogens is 409 g/mol. The number of ether oxygens (including phenoxy) is 1. The predicted octanol–water partition coefficient (Wildman–Crippen LogP) is 8.41. The van der Waals surface area contributed by atoms with E-state index in [1.54, 1.807) is 6.07 Å².